The van der Waals surface area contributed by atoms with Gasteiger partial charge in [-0.3, -0.25) is 0 Å². The Hall–Kier alpha value is -1.02. The van der Waals surface area contributed by atoms with E-state index in [9.17, 15) is 0 Å². The highest BCUT2D eigenvalue weighted by atomic mass is 16.5. The molecule has 2 rings (SSSR count). The van der Waals surface area contributed by atoms with E-state index in [-0.39, 0.29) is 0 Å². The van der Waals surface area contributed by atoms with Crippen molar-refractivity contribution >= 4 is 0 Å². The molecule has 1 unspecified atom stereocenters. The summed E-state index contributed by atoms with van der Waals surface area (Å²) in [6, 6.07) is 6.49. The van der Waals surface area contributed by atoms with Gasteiger partial charge in [-0.2, -0.15) is 0 Å². The Labute approximate surface area is 112 Å². The molecule has 0 bridgehead atoms. The van der Waals surface area contributed by atoms with Gasteiger partial charge in [-0.1, -0.05) is 26.8 Å². The summed E-state index contributed by atoms with van der Waals surface area (Å²) in [6.07, 6.45) is 4.72. The van der Waals surface area contributed by atoms with E-state index >= 15 is 0 Å². The van der Waals surface area contributed by atoms with Gasteiger partial charge in [0.2, 0.25) is 0 Å². The van der Waals surface area contributed by atoms with Gasteiger partial charge >= 0.3 is 0 Å². The molecule has 0 amide bonds. The molecule has 102 valence electrons. The second-order valence-corrected chi connectivity index (χ2v) is 4.53. The largest absolute Gasteiger partial charge is 0.494 e. The molecule has 0 radical (unpaired) electrons. The van der Waals surface area contributed by atoms with Crippen molar-refractivity contribution in [3.63, 3.8) is 0 Å². The summed E-state index contributed by atoms with van der Waals surface area (Å²) in [7, 11) is 0. The van der Waals surface area contributed by atoms with E-state index < -0.39 is 0 Å². The van der Waals surface area contributed by atoms with Crippen LogP contribution in [0.4, 0.5) is 0 Å². The fraction of sp³-hybridized carbons (Fsp3) is 0.625. The molecule has 0 spiro atoms. The summed E-state index contributed by atoms with van der Waals surface area (Å²) in [5.74, 6) is 1.57. The summed E-state index contributed by atoms with van der Waals surface area (Å²) in [5, 5.41) is 0. The number of hydrogen-bond donors (Lipinski definition) is 1. The van der Waals surface area contributed by atoms with E-state index in [1.165, 1.54) is 30.4 Å². The van der Waals surface area contributed by atoms with E-state index in [2.05, 4.69) is 25.1 Å². The fourth-order valence-corrected chi connectivity index (χ4v) is 2.45. The third-order valence-electron chi connectivity index (χ3n) is 3.31. The van der Waals surface area contributed by atoms with Crippen molar-refractivity contribution in [2.24, 2.45) is 5.73 Å². The van der Waals surface area contributed by atoms with Crippen LogP contribution in [-0.2, 0) is 6.42 Å². The standard InChI is InChI=1S/C14H21NO.C2H6/c1-2-8-16-13-6-7-14-11(9-13)4-3-5-12(14)10-15;1-2/h6-7,9,12H,2-5,8,10,15H2,1H3;1-2H3. The summed E-state index contributed by atoms with van der Waals surface area (Å²) in [4.78, 5) is 0. The van der Waals surface area contributed by atoms with Crippen molar-refractivity contribution in [2.75, 3.05) is 13.2 Å². The third kappa shape index (κ3) is 3.74. The molecule has 2 nitrogen and oxygen atoms in total. The second-order valence-electron chi connectivity index (χ2n) is 4.53. The molecule has 1 aromatic rings. The molecule has 0 heterocycles. The normalized spacial score (nSPS) is 17.4. The Balaban J connectivity index is 0.000000771. The Kier molecular flexibility index (Phi) is 6.81. The van der Waals surface area contributed by atoms with Gasteiger partial charge in [0.15, 0.2) is 0 Å². The molecule has 0 fully saturated rings. The Morgan fingerprint density at radius 2 is 2.11 bits per heavy atom. The van der Waals surface area contributed by atoms with E-state index in [0.717, 1.165) is 25.3 Å². The average Bonchev–Trinajstić information content (AvgIpc) is 2.46. The molecule has 1 aliphatic carbocycles. The fourth-order valence-electron chi connectivity index (χ4n) is 2.45. The van der Waals surface area contributed by atoms with Crippen LogP contribution in [0.2, 0.25) is 0 Å². The molecule has 2 N–H and O–H groups in total. The van der Waals surface area contributed by atoms with E-state index in [1.54, 1.807) is 0 Å². The molecule has 0 aliphatic heterocycles. The molecule has 1 atom stereocenters. The maximum absolute atomic E-state index is 5.81. The van der Waals surface area contributed by atoms with Crippen molar-refractivity contribution in [2.45, 2.75) is 52.4 Å². The van der Waals surface area contributed by atoms with Crippen LogP contribution in [0.25, 0.3) is 0 Å². The Bertz CT molecular complexity index is 349. The van der Waals surface area contributed by atoms with Crippen LogP contribution in [0.3, 0.4) is 0 Å². The van der Waals surface area contributed by atoms with Crippen LogP contribution in [0.5, 0.6) is 5.75 Å². The predicted octanol–water partition coefficient (Wildman–Crippen LogP) is 3.88. The topological polar surface area (TPSA) is 35.2 Å². The summed E-state index contributed by atoms with van der Waals surface area (Å²) in [6.45, 7) is 7.70. The highest BCUT2D eigenvalue weighted by Gasteiger charge is 2.19. The summed E-state index contributed by atoms with van der Waals surface area (Å²) >= 11 is 0. The monoisotopic (exact) mass is 249 g/mol. The third-order valence-corrected chi connectivity index (χ3v) is 3.31. The van der Waals surface area contributed by atoms with Crippen LogP contribution < -0.4 is 10.5 Å². The predicted molar refractivity (Wildman–Crippen MR) is 78.3 cm³/mol. The minimum Gasteiger partial charge on any atom is -0.494 e. The minimum absolute atomic E-state index is 0.559. The molecule has 2 heteroatoms. The first-order valence-corrected chi connectivity index (χ1v) is 7.30. The Morgan fingerprint density at radius 3 is 2.78 bits per heavy atom. The zero-order valence-electron chi connectivity index (χ0n) is 12.0. The first-order chi connectivity index (χ1) is 8.85. The van der Waals surface area contributed by atoms with Gasteiger partial charge in [0, 0.05) is 0 Å². The number of aryl methyl sites for hydroxylation is 1. The van der Waals surface area contributed by atoms with Gasteiger partial charge in [0.1, 0.15) is 5.75 Å². The van der Waals surface area contributed by atoms with Gasteiger partial charge in [-0.05, 0) is 61.4 Å². The van der Waals surface area contributed by atoms with Crippen molar-refractivity contribution in [1.82, 2.24) is 0 Å². The number of fused-ring (bicyclic) bond motifs is 1. The minimum atomic E-state index is 0.559. The SMILES string of the molecule is CC.CCCOc1ccc2c(c1)CCCC2CN. The van der Waals surface area contributed by atoms with Crippen LogP contribution in [0.15, 0.2) is 18.2 Å². The lowest BCUT2D eigenvalue weighted by atomic mass is 9.83. The smallest absolute Gasteiger partial charge is 0.119 e. The van der Waals surface area contributed by atoms with Crippen molar-refractivity contribution in [1.29, 1.82) is 0 Å². The molecular formula is C16H27NO. The van der Waals surface area contributed by atoms with Crippen molar-refractivity contribution < 1.29 is 4.74 Å². The van der Waals surface area contributed by atoms with Crippen molar-refractivity contribution in [3.8, 4) is 5.75 Å². The van der Waals surface area contributed by atoms with Crippen LogP contribution in [-0.4, -0.2) is 13.2 Å². The maximum Gasteiger partial charge on any atom is 0.119 e. The molecule has 1 aliphatic rings. The lowest BCUT2D eigenvalue weighted by molar-refractivity contribution is 0.316. The molecule has 0 saturated carbocycles. The van der Waals surface area contributed by atoms with Gasteiger partial charge in [0.05, 0.1) is 6.61 Å². The van der Waals surface area contributed by atoms with E-state index in [1.807, 2.05) is 13.8 Å². The molecule has 0 saturated heterocycles. The second kappa shape index (κ2) is 8.15. The first-order valence-electron chi connectivity index (χ1n) is 7.30. The number of nitrogens with two attached hydrogens (primary N) is 1. The quantitative estimate of drug-likeness (QED) is 0.879. The highest BCUT2D eigenvalue weighted by Crippen LogP contribution is 2.33. The Morgan fingerprint density at radius 1 is 1.33 bits per heavy atom. The van der Waals surface area contributed by atoms with Crippen LogP contribution in [0.1, 0.15) is 57.1 Å². The zero-order valence-corrected chi connectivity index (χ0v) is 12.0. The molecular weight excluding hydrogens is 222 g/mol. The summed E-state index contributed by atoms with van der Waals surface area (Å²) in [5.41, 5.74) is 8.69. The lowest BCUT2D eigenvalue weighted by Gasteiger charge is -2.24. The van der Waals surface area contributed by atoms with Crippen molar-refractivity contribution in [3.05, 3.63) is 29.3 Å². The highest BCUT2D eigenvalue weighted by molar-refractivity contribution is 5.39. The number of benzene rings is 1. The van der Waals surface area contributed by atoms with E-state index in [4.69, 9.17) is 10.5 Å². The maximum atomic E-state index is 5.81. The number of rotatable bonds is 4. The van der Waals surface area contributed by atoms with E-state index in [0.29, 0.717) is 5.92 Å². The van der Waals surface area contributed by atoms with Crippen LogP contribution in [0, 0.1) is 0 Å². The molecule has 0 aromatic heterocycles. The number of hydrogen-bond acceptors (Lipinski definition) is 2. The van der Waals surface area contributed by atoms with Crippen LogP contribution >= 0.6 is 0 Å². The van der Waals surface area contributed by atoms with Gasteiger partial charge < -0.3 is 10.5 Å². The van der Waals surface area contributed by atoms with Gasteiger partial charge in [-0.25, -0.2) is 0 Å². The number of ether oxygens (including phenoxy) is 1. The zero-order chi connectivity index (χ0) is 13.4. The van der Waals surface area contributed by atoms with Gasteiger partial charge in [-0.15, -0.1) is 0 Å². The molecule has 1 aromatic carbocycles. The average molecular weight is 249 g/mol. The first kappa shape index (κ1) is 15.0. The molecule has 18 heavy (non-hydrogen) atoms. The lowest BCUT2D eigenvalue weighted by Crippen LogP contribution is -2.18. The van der Waals surface area contributed by atoms with Gasteiger partial charge in [0.25, 0.3) is 0 Å². The summed E-state index contributed by atoms with van der Waals surface area (Å²) < 4.78 is 5.66.